The molecule has 4 nitrogen and oxygen atoms in total. The third-order valence-corrected chi connectivity index (χ3v) is 3.00. The summed E-state index contributed by atoms with van der Waals surface area (Å²) < 4.78 is 38.3. The molecular formula is C14H19F3N2O2. The van der Waals surface area contributed by atoms with Crippen molar-refractivity contribution >= 4 is 11.7 Å². The number of amides is 2. The number of hydrogen-bond donors (Lipinski definition) is 3. The topological polar surface area (TPSA) is 61.4 Å². The predicted molar refractivity (Wildman–Crippen MR) is 73.9 cm³/mol. The van der Waals surface area contributed by atoms with Crippen molar-refractivity contribution < 1.29 is 23.1 Å². The molecule has 0 saturated carbocycles. The number of aliphatic hydroxyl groups excluding tert-OH is 1. The van der Waals surface area contributed by atoms with Crippen LogP contribution in [0.1, 0.15) is 25.8 Å². The highest BCUT2D eigenvalue weighted by Gasteiger charge is 2.33. The van der Waals surface area contributed by atoms with Gasteiger partial charge < -0.3 is 15.7 Å². The molecule has 0 aromatic heterocycles. The zero-order chi connectivity index (χ0) is 16.1. The highest BCUT2D eigenvalue weighted by atomic mass is 19.4. The summed E-state index contributed by atoms with van der Waals surface area (Å²) in [6.07, 6.45) is -4.05. The number of carbonyl (C=O) groups excluding carboxylic acids is 1. The van der Waals surface area contributed by atoms with Crippen molar-refractivity contribution in [2.75, 3.05) is 18.5 Å². The Morgan fingerprint density at radius 3 is 2.43 bits per heavy atom. The highest BCUT2D eigenvalue weighted by Crippen LogP contribution is 2.34. The Bertz CT molecular complexity index is 487. The largest absolute Gasteiger partial charge is 0.418 e. The van der Waals surface area contributed by atoms with Gasteiger partial charge in [-0.1, -0.05) is 26.0 Å². The summed E-state index contributed by atoms with van der Waals surface area (Å²) >= 11 is 0. The minimum atomic E-state index is -4.53. The molecule has 0 aliphatic rings. The first-order valence-electron chi connectivity index (χ1n) is 6.48. The summed E-state index contributed by atoms with van der Waals surface area (Å²) in [4.78, 5) is 11.7. The average molecular weight is 304 g/mol. The minimum absolute atomic E-state index is 0.0206. The van der Waals surface area contributed by atoms with E-state index >= 15 is 0 Å². The first-order valence-corrected chi connectivity index (χ1v) is 6.48. The van der Waals surface area contributed by atoms with Crippen LogP contribution >= 0.6 is 0 Å². The molecule has 0 radical (unpaired) electrons. The van der Waals surface area contributed by atoms with E-state index in [9.17, 15) is 18.0 Å². The molecule has 0 bridgehead atoms. The smallest absolute Gasteiger partial charge is 0.396 e. The summed E-state index contributed by atoms with van der Waals surface area (Å²) in [5.74, 6) is 0. The number of benzene rings is 1. The van der Waals surface area contributed by atoms with Crippen LogP contribution in [-0.4, -0.2) is 24.3 Å². The molecule has 3 N–H and O–H groups in total. The van der Waals surface area contributed by atoms with Crippen LogP contribution in [0.15, 0.2) is 24.3 Å². The second-order valence-electron chi connectivity index (χ2n) is 5.49. The molecule has 0 atom stereocenters. The van der Waals surface area contributed by atoms with Crippen molar-refractivity contribution in [1.29, 1.82) is 0 Å². The fraction of sp³-hybridized carbons (Fsp3) is 0.500. The standard InChI is InChI=1S/C14H19F3N2O2/c1-13(2,7-8-20)9-18-12(21)19-11-6-4-3-5-10(11)14(15,16)17/h3-6,20H,7-9H2,1-2H3,(H2,18,19,21). The van der Waals surface area contributed by atoms with Gasteiger partial charge in [0.15, 0.2) is 0 Å². The number of nitrogens with one attached hydrogen (secondary N) is 2. The molecular weight excluding hydrogens is 285 g/mol. The Balaban J connectivity index is 2.68. The molecule has 0 spiro atoms. The zero-order valence-corrected chi connectivity index (χ0v) is 11.9. The van der Waals surface area contributed by atoms with Crippen LogP contribution in [0.4, 0.5) is 23.7 Å². The third kappa shape index (κ3) is 5.63. The van der Waals surface area contributed by atoms with E-state index in [1.807, 2.05) is 13.8 Å². The molecule has 0 fully saturated rings. The summed E-state index contributed by atoms with van der Waals surface area (Å²) in [6, 6.07) is 4.07. The van der Waals surface area contributed by atoms with Crippen LogP contribution in [-0.2, 0) is 6.18 Å². The third-order valence-electron chi connectivity index (χ3n) is 3.00. The summed E-state index contributed by atoms with van der Waals surface area (Å²) in [5, 5.41) is 13.6. The van der Waals surface area contributed by atoms with E-state index < -0.39 is 17.8 Å². The number of rotatable bonds is 5. The Morgan fingerprint density at radius 1 is 1.24 bits per heavy atom. The van der Waals surface area contributed by atoms with Gasteiger partial charge in [-0.05, 0) is 24.0 Å². The van der Waals surface area contributed by atoms with E-state index in [0.29, 0.717) is 6.42 Å². The Morgan fingerprint density at radius 2 is 1.86 bits per heavy atom. The van der Waals surface area contributed by atoms with Crippen LogP contribution in [0.2, 0.25) is 0 Å². The van der Waals surface area contributed by atoms with E-state index in [2.05, 4.69) is 10.6 Å². The van der Waals surface area contributed by atoms with Crippen molar-refractivity contribution in [2.45, 2.75) is 26.4 Å². The average Bonchev–Trinajstić information content (AvgIpc) is 2.36. The van der Waals surface area contributed by atoms with Crippen molar-refractivity contribution in [1.82, 2.24) is 5.32 Å². The summed E-state index contributed by atoms with van der Waals surface area (Å²) in [6.45, 7) is 3.90. The molecule has 1 aromatic carbocycles. The second-order valence-corrected chi connectivity index (χ2v) is 5.49. The van der Waals surface area contributed by atoms with Crippen molar-refractivity contribution in [3.63, 3.8) is 0 Å². The number of alkyl halides is 3. The maximum atomic E-state index is 12.8. The molecule has 0 saturated heterocycles. The number of para-hydroxylation sites is 1. The molecule has 0 aliphatic heterocycles. The number of aliphatic hydroxyl groups is 1. The first-order chi connectivity index (χ1) is 9.65. The molecule has 2 amide bonds. The van der Waals surface area contributed by atoms with Crippen LogP contribution < -0.4 is 10.6 Å². The van der Waals surface area contributed by atoms with Crippen LogP contribution in [0.5, 0.6) is 0 Å². The van der Waals surface area contributed by atoms with Crippen molar-refractivity contribution in [3.05, 3.63) is 29.8 Å². The molecule has 1 rings (SSSR count). The number of urea groups is 1. The summed E-state index contributed by atoms with van der Waals surface area (Å²) in [5.41, 5.74) is -1.52. The minimum Gasteiger partial charge on any atom is -0.396 e. The monoisotopic (exact) mass is 304 g/mol. The van der Waals surface area contributed by atoms with E-state index in [0.717, 1.165) is 6.07 Å². The Kier molecular flexibility index (Phi) is 5.60. The fourth-order valence-electron chi connectivity index (χ4n) is 1.72. The van der Waals surface area contributed by atoms with Gasteiger partial charge in [0.2, 0.25) is 0 Å². The van der Waals surface area contributed by atoms with E-state index in [4.69, 9.17) is 5.11 Å². The number of halogens is 3. The number of anilines is 1. The normalized spacial score (nSPS) is 12.1. The molecule has 1 aromatic rings. The van der Waals surface area contributed by atoms with Crippen LogP contribution in [0, 0.1) is 5.41 Å². The van der Waals surface area contributed by atoms with E-state index in [-0.39, 0.29) is 24.3 Å². The van der Waals surface area contributed by atoms with Crippen molar-refractivity contribution in [3.8, 4) is 0 Å². The lowest BCUT2D eigenvalue weighted by Crippen LogP contribution is -2.37. The predicted octanol–water partition coefficient (Wildman–Crippen LogP) is 3.24. The molecule has 0 aliphatic carbocycles. The Hall–Kier alpha value is -1.76. The summed E-state index contributed by atoms with van der Waals surface area (Å²) in [7, 11) is 0. The van der Waals surface area contributed by atoms with Gasteiger partial charge in [-0.2, -0.15) is 13.2 Å². The zero-order valence-electron chi connectivity index (χ0n) is 11.9. The Labute approximate surface area is 121 Å². The van der Waals surface area contributed by atoms with Gasteiger partial charge in [-0.25, -0.2) is 4.79 Å². The quantitative estimate of drug-likeness (QED) is 0.782. The molecule has 118 valence electrons. The highest BCUT2D eigenvalue weighted by molar-refractivity contribution is 5.90. The maximum Gasteiger partial charge on any atom is 0.418 e. The van der Waals surface area contributed by atoms with Gasteiger partial charge in [0.05, 0.1) is 11.3 Å². The van der Waals surface area contributed by atoms with Gasteiger partial charge in [0, 0.05) is 13.2 Å². The number of hydrogen-bond acceptors (Lipinski definition) is 2. The molecule has 21 heavy (non-hydrogen) atoms. The van der Waals surface area contributed by atoms with Crippen LogP contribution in [0.3, 0.4) is 0 Å². The SMILES string of the molecule is CC(C)(CCO)CNC(=O)Nc1ccccc1C(F)(F)F. The van der Waals surface area contributed by atoms with Gasteiger partial charge >= 0.3 is 12.2 Å². The van der Waals surface area contributed by atoms with Gasteiger partial charge in [-0.3, -0.25) is 0 Å². The lowest BCUT2D eigenvalue weighted by Gasteiger charge is -2.24. The van der Waals surface area contributed by atoms with Crippen molar-refractivity contribution in [2.24, 2.45) is 5.41 Å². The molecule has 7 heteroatoms. The van der Waals surface area contributed by atoms with E-state index in [1.165, 1.54) is 18.2 Å². The van der Waals surface area contributed by atoms with E-state index in [1.54, 1.807) is 0 Å². The second kappa shape index (κ2) is 6.80. The molecule has 0 unspecified atom stereocenters. The molecule has 0 heterocycles. The fourth-order valence-corrected chi connectivity index (χ4v) is 1.72. The van der Waals surface area contributed by atoms with Gasteiger partial charge in [0.1, 0.15) is 0 Å². The maximum absolute atomic E-state index is 12.8. The van der Waals surface area contributed by atoms with Crippen LogP contribution in [0.25, 0.3) is 0 Å². The van der Waals surface area contributed by atoms with Gasteiger partial charge in [-0.15, -0.1) is 0 Å². The number of carbonyl (C=O) groups is 1. The first kappa shape index (κ1) is 17.3. The lowest BCUT2D eigenvalue weighted by atomic mass is 9.90. The van der Waals surface area contributed by atoms with Gasteiger partial charge in [0.25, 0.3) is 0 Å². The lowest BCUT2D eigenvalue weighted by molar-refractivity contribution is -0.136.